The molecule has 3 rings (SSSR count). The standard InChI is InChI=1S/C16H17ClN4O2S/c1-16(9-13(22)19-10-14-18-7-8-24-14)20-15(21(2)23-16)11-5-3-4-6-12(11)17/h3-8H,9-10H2,1-2H3,(H,19,22). The van der Waals surface area contributed by atoms with Crippen LogP contribution in [0.15, 0.2) is 40.8 Å². The molecule has 1 aromatic carbocycles. The van der Waals surface area contributed by atoms with Gasteiger partial charge in [-0.2, -0.15) is 0 Å². The molecule has 2 aromatic rings. The number of amidine groups is 1. The maximum absolute atomic E-state index is 12.2. The number of hydrogen-bond acceptors (Lipinski definition) is 6. The zero-order valence-electron chi connectivity index (χ0n) is 13.3. The monoisotopic (exact) mass is 364 g/mol. The van der Waals surface area contributed by atoms with Crippen LogP contribution in [-0.4, -0.2) is 34.6 Å². The molecule has 1 aliphatic rings. The molecule has 0 radical (unpaired) electrons. The third-order valence-corrected chi connectivity index (χ3v) is 4.61. The highest BCUT2D eigenvalue weighted by Crippen LogP contribution is 2.30. The highest BCUT2D eigenvalue weighted by molar-refractivity contribution is 7.09. The van der Waals surface area contributed by atoms with E-state index >= 15 is 0 Å². The molecular formula is C16H17ClN4O2S. The first-order valence-corrected chi connectivity index (χ1v) is 8.65. The topological polar surface area (TPSA) is 66.8 Å². The van der Waals surface area contributed by atoms with Crippen molar-refractivity contribution < 1.29 is 9.63 Å². The fraction of sp³-hybridized carbons (Fsp3) is 0.312. The molecule has 1 aromatic heterocycles. The lowest BCUT2D eigenvalue weighted by atomic mass is 10.1. The molecule has 0 fully saturated rings. The highest BCUT2D eigenvalue weighted by Gasteiger charge is 2.38. The van der Waals surface area contributed by atoms with Crippen LogP contribution in [0.4, 0.5) is 0 Å². The number of rotatable bonds is 5. The Hall–Kier alpha value is -1.96. The summed E-state index contributed by atoms with van der Waals surface area (Å²) in [7, 11) is 1.75. The van der Waals surface area contributed by atoms with Crippen LogP contribution in [0.5, 0.6) is 0 Å². The summed E-state index contributed by atoms with van der Waals surface area (Å²) in [5.41, 5.74) is -0.190. The summed E-state index contributed by atoms with van der Waals surface area (Å²) in [5, 5.41) is 7.70. The number of thiazole rings is 1. The van der Waals surface area contributed by atoms with Gasteiger partial charge in [-0.3, -0.25) is 4.79 Å². The Morgan fingerprint density at radius 2 is 2.25 bits per heavy atom. The number of amides is 1. The number of aromatic nitrogens is 1. The van der Waals surface area contributed by atoms with Gasteiger partial charge in [0.1, 0.15) is 5.01 Å². The third kappa shape index (κ3) is 3.75. The number of carbonyl (C=O) groups is 1. The summed E-state index contributed by atoms with van der Waals surface area (Å²) in [6.07, 6.45) is 1.82. The fourth-order valence-electron chi connectivity index (χ4n) is 2.47. The van der Waals surface area contributed by atoms with Gasteiger partial charge in [0.2, 0.25) is 5.91 Å². The van der Waals surface area contributed by atoms with Gasteiger partial charge >= 0.3 is 0 Å². The van der Waals surface area contributed by atoms with Crippen LogP contribution in [0.3, 0.4) is 0 Å². The Morgan fingerprint density at radius 3 is 2.96 bits per heavy atom. The van der Waals surface area contributed by atoms with E-state index in [4.69, 9.17) is 16.4 Å². The average Bonchev–Trinajstić information content (AvgIpc) is 3.14. The van der Waals surface area contributed by atoms with Crippen LogP contribution in [0.1, 0.15) is 23.9 Å². The van der Waals surface area contributed by atoms with Crippen molar-refractivity contribution in [1.29, 1.82) is 0 Å². The lowest BCUT2D eigenvalue weighted by Crippen LogP contribution is -2.35. The van der Waals surface area contributed by atoms with Crippen molar-refractivity contribution in [3.05, 3.63) is 51.4 Å². The van der Waals surface area contributed by atoms with Gasteiger partial charge in [-0.05, 0) is 19.1 Å². The molecule has 24 heavy (non-hydrogen) atoms. The minimum atomic E-state index is -0.962. The van der Waals surface area contributed by atoms with E-state index in [9.17, 15) is 4.79 Å². The van der Waals surface area contributed by atoms with E-state index in [-0.39, 0.29) is 12.3 Å². The van der Waals surface area contributed by atoms with Crippen molar-refractivity contribution in [1.82, 2.24) is 15.4 Å². The summed E-state index contributed by atoms with van der Waals surface area (Å²) >= 11 is 7.73. The maximum atomic E-state index is 12.2. The first kappa shape index (κ1) is 16.9. The Labute approximate surface area is 149 Å². The number of hydroxylamine groups is 2. The van der Waals surface area contributed by atoms with Gasteiger partial charge in [0.05, 0.1) is 18.0 Å². The molecule has 126 valence electrons. The predicted octanol–water partition coefficient (Wildman–Crippen LogP) is 2.84. The SMILES string of the molecule is CN1OC(C)(CC(=O)NCc2nccs2)N=C1c1ccccc1Cl. The number of nitrogens with zero attached hydrogens (tertiary/aromatic N) is 3. The summed E-state index contributed by atoms with van der Waals surface area (Å²) in [6.45, 7) is 2.18. The lowest BCUT2D eigenvalue weighted by Gasteiger charge is -2.21. The lowest BCUT2D eigenvalue weighted by molar-refractivity contribution is -0.166. The third-order valence-electron chi connectivity index (χ3n) is 3.50. The minimum absolute atomic E-state index is 0.108. The molecule has 8 heteroatoms. The predicted molar refractivity (Wildman–Crippen MR) is 93.8 cm³/mol. The quantitative estimate of drug-likeness (QED) is 0.885. The molecule has 0 saturated heterocycles. The van der Waals surface area contributed by atoms with Crippen molar-refractivity contribution in [3.63, 3.8) is 0 Å². The van der Waals surface area contributed by atoms with Crippen molar-refractivity contribution in [2.45, 2.75) is 25.6 Å². The van der Waals surface area contributed by atoms with Crippen molar-refractivity contribution >= 4 is 34.7 Å². The maximum Gasteiger partial charge on any atom is 0.225 e. The summed E-state index contributed by atoms with van der Waals surface area (Å²) in [6, 6.07) is 7.40. The van der Waals surface area contributed by atoms with Gasteiger partial charge in [-0.1, -0.05) is 23.7 Å². The van der Waals surface area contributed by atoms with E-state index < -0.39 is 5.72 Å². The molecule has 0 aliphatic carbocycles. The van der Waals surface area contributed by atoms with Crippen LogP contribution < -0.4 is 5.32 Å². The molecule has 6 nitrogen and oxygen atoms in total. The Bertz CT molecular complexity index is 765. The zero-order chi connectivity index (χ0) is 17.2. The van der Waals surface area contributed by atoms with Gasteiger partial charge in [0.25, 0.3) is 0 Å². The van der Waals surface area contributed by atoms with Gasteiger partial charge in [0.15, 0.2) is 11.6 Å². The molecule has 1 atom stereocenters. The number of nitrogens with one attached hydrogen (secondary N) is 1. The number of hydrogen-bond donors (Lipinski definition) is 1. The summed E-state index contributed by atoms with van der Waals surface area (Å²) < 4.78 is 0. The minimum Gasteiger partial charge on any atom is -0.349 e. The van der Waals surface area contributed by atoms with Crippen LogP contribution in [0.2, 0.25) is 5.02 Å². The number of benzene rings is 1. The van der Waals surface area contributed by atoms with Crippen LogP contribution >= 0.6 is 22.9 Å². The van der Waals surface area contributed by atoms with Crippen molar-refractivity contribution in [2.24, 2.45) is 4.99 Å². The Morgan fingerprint density at radius 1 is 1.46 bits per heavy atom. The molecule has 1 N–H and O–H groups in total. The smallest absolute Gasteiger partial charge is 0.225 e. The van der Waals surface area contributed by atoms with Crippen LogP contribution in [-0.2, 0) is 16.2 Å². The normalized spacial score (nSPS) is 20.1. The Balaban J connectivity index is 1.69. The second kappa shape index (κ2) is 6.88. The first-order chi connectivity index (χ1) is 11.5. The molecule has 1 amide bonds. The zero-order valence-corrected chi connectivity index (χ0v) is 14.9. The molecule has 0 spiro atoms. The van der Waals surface area contributed by atoms with E-state index in [1.165, 1.54) is 11.3 Å². The van der Waals surface area contributed by atoms with Crippen molar-refractivity contribution in [2.75, 3.05) is 7.05 Å². The highest BCUT2D eigenvalue weighted by atomic mass is 35.5. The molecule has 0 bridgehead atoms. The summed E-state index contributed by atoms with van der Waals surface area (Å²) in [5.74, 6) is 0.459. The van der Waals surface area contributed by atoms with E-state index in [0.29, 0.717) is 17.4 Å². The van der Waals surface area contributed by atoms with Crippen LogP contribution in [0.25, 0.3) is 0 Å². The van der Waals surface area contributed by atoms with Gasteiger partial charge in [-0.15, -0.1) is 11.3 Å². The molecule has 1 unspecified atom stereocenters. The number of halogens is 1. The van der Waals surface area contributed by atoms with Crippen LogP contribution in [0, 0.1) is 0 Å². The Kier molecular flexibility index (Phi) is 4.84. The fourth-order valence-corrected chi connectivity index (χ4v) is 3.25. The average molecular weight is 365 g/mol. The van der Waals surface area contributed by atoms with Gasteiger partial charge in [0, 0.05) is 24.2 Å². The second-order valence-electron chi connectivity index (χ2n) is 5.56. The van der Waals surface area contributed by atoms with E-state index in [1.807, 2.05) is 23.6 Å². The second-order valence-corrected chi connectivity index (χ2v) is 6.94. The molecule has 1 aliphatic heterocycles. The number of aliphatic imine (C=N–C) groups is 1. The van der Waals surface area contributed by atoms with Gasteiger partial charge in [-0.25, -0.2) is 19.9 Å². The molecule has 0 saturated carbocycles. The van der Waals surface area contributed by atoms with Gasteiger partial charge < -0.3 is 5.32 Å². The molecular weight excluding hydrogens is 348 g/mol. The van der Waals surface area contributed by atoms with E-state index in [1.54, 1.807) is 31.3 Å². The van der Waals surface area contributed by atoms with Crippen molar-refractivity contribution in [3.8, 4) is 0 Å². The summed E-state index contributed by atoms with van der Waals surface area (Å²) in [4.78, 5) is 26.7. The largest absolute Gasteiger partial charge is 0.349 e. The first-order valence-electron chi connectivity index (χ1n) is 7.39. The van der Waals surface area contributed by atoms with E-state index in [2.05, 4.69) is 15.3 Å². The molecule has 2 heterocycles. The number of carbonyl (C=O) groups excluding carboxylic acids is 1. The van der Waals surface area contributed by atoms with E-state index in [0.717, 1.165) is 10.6 Å².